The zero-order valence-corrected chi connectivity index (χ0v) is 7.28. The average Bonchev–Trinajstić information content (AvgIpc) is 2.00. The Morgan fingerprint density at radius 3 is 2.67 bits per heavy atom. The Morgan fingerprint density at radius 2 is 2.25 bits per heavy atom. The minimum Gasteiger partial charge on any atom is -0.478 e. The van der Waals surface area contributed by atoms with Gasteiger partial charge in [-0.3, -0.25) is 0 Å². The highest BCUT2D eigenvalue weighted by Crippen LogP contribution is 1.99. The summed E-state index contributed by atoms with van der Waals surface area (Å²) in [6, 6.07) is 0. The predicted molar refractivity (Wildman–Crippen MR) is 43.9 cm³/mol. The molecule has 4 nitrogen and oxygen atoms in total. The molecule has 70 valence electrons. The van der Waals surface area contributed by atoms with Crippen LogP contribution in [0.1, 0.15) is 13.8 Å². The van der Waals surface area contributed by atoms with Crippen LogP contribution in [0.5, 0.6) is 0 Å². The first-order valence-electron chi connectivity index (χ1n) is 3.72. The van der Waals surface area contributed by atoms with E-state index in [2.05, 4.69) is 0 Å². The summed E-state index contributed by atoms with van der Waals surface area (Å²) in [4.78, 5) is 10.3. The minimum absolute atomic E-state index is 0.0513. The molecule has 1 unspecified atom stereocenters. The monoisotopic (exact) mass is 174 g/mol. The number of aliphatic hydroxyl groups excluding tert-OH is 1. The second kappa shape index (κ2) is 5.74. The maximum atomic E-state index is 10.3. The molecule has 12 heavy (non-hydrogen) atoms. The maximum absolute atomic E-state index is 10.3. The number of aliphatic hydroxyl groups is 1. The third kappa shape index (κ3) is 4.87. The lowest BCUT2D eigenvalue weighted by Gasteiger charge is -2.07. The normalized spacial score (nSPS) is 14.4. The van der Waals surface area contributed by atoms with Crippen molar-refractivity contribution in [1.82, 2.24) is 0 Å². The van der Waals surface area contributed by atoms with Crippen molar-refractivity contribution in [2.24, 2.45) is 0 Å². The molecule has 0 aliphatic rings. The molecular weight excluding hydrogens is 160 g/mol. The molecule has 1 atom stereocenters. The molecule has 0 aliphatic heterocycles. The largest absolute Gasteiger partial charge is 0.478 e. The van der Waals surface area contributed by atoms with E-state index in [0.29, 0.717) is 0 Å². The summed E-state index contributed by atoms with van der Waals surface area (Å²) in [6.07, 6.45) is 1.23. The fourth-order valence-corrected chi connectivity index (χ4v) is 0.710. The van der Waals surface area contributed by atoms with Crippen molar-refractivity contribution in [2.75, 3.05) is 13.2 Å². The first-order chi connectivity index (χ1) is 5.57. The summed E-state index contributed by atoms with van der Waals surface area (Å²) >= 11 is 0. The molecule has 0 rings (SSSR count). The molecule has 0 fully saturated rings. The van der Waals surface area contributed by atoms with E-state index in [1.165, 1.54) is 13.0 Å². The maximum Gasteiger partial charge on any atom is 0.331 e. The lowest BCUT2D eigenvalue weighted by Crippen LogP contribution is -2.10. The SMILES string of the molecule is CC(=CC(C)OCCO)C(=O)O. The van der Waals surface area contributed by atoms with E-state index in [1.807, 2.05) is 0 Å². The first kappa shape index (κ1) is 11.1. The predicted octanol–water partition coefficient (Wildman–Crippen LogP) is 0.415. The van der Waals surface area contributed by atoms with Gasteiger partial charge >= 0.3 is 5.97 Å². The van der Waals surface area contributed by atoms with Gasteiger partial charge in [0.2, 0.25) is 0 Å². The van der Waals surface area contributed by atoms with E-state index < -0.39 is 5.97 Å². The number of aliphatic carboxylic acids is 1. The van der Waals surface area contributed by atoms with Gasteiger partial charge in [-0.05, 0) is 19.9 Å². The highest BCUT2D eigenvalue weighted by atomic mass is 16.5. The summed E-state index contributed by atoms with van der Waals surface area (Å²) in [5.74, 6) is -0.950. The van der Waals surface area contributed by atoms with Gasteiger partial charge in [-0.2, -0.15) is 0 Å². The lowest BCUT2D eigenvalue weighted by atomic mass is 10.2. The zero-order chi connectivity index (χ0) is 9.56. The van der Waals surface area contributed by atoms with Crippen LogP contribution in [0.3, 0.4) is 0 Å². The van der Waals surface area contributed by atoms with Crippen molar-refractivity contribution in [2.45, 2.75) is 20.0 Å². The number of carboxylic acids is 1. The molecule has 0 saturated heterocycles. The van der Waals surface area contributed by atoms with Gasteiger partial charge in [0.15, 0.2) is 0 Å². The van der Waals surface area contributed by atoms with Crippen LogP contribution in [0.4, 0.5) is 0 Å². The Labute approximate surface area is 71.5 Å². The zero-order valence-electron chi connectivity index (χ0n) is 7.28. The summed E-state index contributed by atoms with van der Waals surface area (Å²) in [5.41, 5.74) is 0.250. The smallest absolute Gasteiger partial charge is 0.331 e. The van der Waals surface area contributed by atoms with Crippen molar-refractivity contribution in [3.63, 3.8) is 0 Å². The van der Waals surface area contributed by atoms with Crippen LogP contribution < -0.4 is 0 Å². The molecule has 0 aromatic carbocycles. The Bertz CT molecular complexity index is 174. The van der Waals surface area contributed by atoms with Crippen LogP contribution in [-0.4, -0.2) is 35.5 Å². The van der Waals surface area contributed by atoms with Gasteiger partial charge in [-0.15, -0.1) is 0 Å². The lowest BCUT2D eigenvalue weighted by molar-refractivity contribution is -0.132. The van der Waals surface area contributed by atoms with Crippen molar-refractivity contribution >= 4 is 5.97 Å². The Kier molecular flexibility index (Phi) is 5.32. The summed E-state index contributed by atoms with van der Waals surface area (Å²) in [5, 5.41) is 16.9. The Morgan fingerprint density at radius 1 is 1.67 bits per heavy atom. The van der Waals surface area contributed by atoms with Gasteiger partial charge in [-0.25, -0.2) is 4.79 Å². The summed E-state index contributed by atoms with van der Waals surface area (Å²) < 4.78 is 5.02. The van der Waals surface area contributed by atoms with Crippen LogP contribution in [-0.2, 0) is 9.53 Å². The molecule has 2 N–H and O–H groups in total. The molecule has 4 heteroatoms. The highest BCUT2D eigenvalue weighted by molar-refractivity contribution is 5.85. The van der Waals surface area contributed by atoms with E-state index in [1.54, 1.807) is 6.92 Å². The minimum atomic E-state index is -0.950. The molecular formula is C8H14O4. The van der Waals surface area contributed by atoms with Gasteiger partial charge in [0.05, 0.1) is 19.3 Å². The van der Waals surface area contributed by atoms with E-state index in [-0.39, 0.29) is 24.9 Å². The van der Waals surface area contributed by atoms with Crippen molar-refractivity contribution in [1.29, 1.82) is 0 Å². The van der Waals surface area contributed by atoms with Gasteiger partial charge < -0.3 is 14.9 Å². The first-order valence-corrected chi connectivity index (χ1v) is 3.72. The van der Waals surface area contributed by atoms with E-state index in [4.69, 9.17) is 14.9 Å². The molecule has 0 saturated carbocycles. The van der Waals surface area contributed by atoms with E-state index >= 15 is 0 Å². The van der Waals surface area contributed by atoms with Crippen molar-refractivity contribution in [3.8, 4) is 0 Å². The van der Waals surface area contributed by atoms with Crippen molar-refractivity contribution < 1.29 is 19.7 Å². The number of rotatable bonds is 5. The van der Waals surface area contributed by atoms with Crippen LogP contribution in [0.25, 0.3) is 0 Å². The number of carboxylic acid groups (broad SMARTS) is 1. The van der Waals surface area contributed by atoms with Gasteiger partial charge in [0, 0.05) is 5.57 Å². The van der Waals surface area contributed by atoms with Gasteiger partial charge in [0.25, 0.3) is 0 Å². The quantitative estimate of drug-likeness (QED) is 0.592. The van der Waals surface area contributed by atoms with Gasteiger partial charge in [0.1, 0.15) is 0 Å². The fourth-order valence-electron chi connectivity index (χ4n) is 0.710. The molecule has 0 radical (unpaired) electrons. The second-order valence-electron chi connectivity index (χ2n) is 2.45. The summed E-state index contributed by atoms with van der Waals surface area (Å²) in [7, 11) is 0. The van der Waals surface area contributed by atoms with Crippen LogP contribution in [0, 0.1) is 0 Å². The highest BCUT2D eigenvalue weighted by Gasteiger charge is 2.03. The standard InChI is InChI=1S/C8H14O4/c1-6(8(10)11)5-7(2)12-4-3-9/h5,7,9H,3-4H2,1-2H3,(H,10,11). The molecule has 0 bridgehead atoms. The topological polar surface area (TPSA) is 66.8 Å². The number of hydrogen-bond acceptors (Lipinski definition) is 3. The van der Waals surface area contributed by atoms with Gasteiger partial charge in [-0.1, -0.05) is 0 Å². The van der Waals surface area contributed by atoms with E-state index in [9.17, 15) is 4.79 Å². The van der Waals surface area contributed by atoms with Crippen LogP contribution >= 0.6 is 0 Å². The third-order valence-electron chi connectivity index (χ3n) is 1.29. The molecule has 0 aliphatic carbocycles. The molecule has 0 heterocycles. The Hall–Kier alpha value is -0.870. The van der Waals surface area contributed by atoms with Crippen LogP contribution in [0.15, 0.2) is 11.6 Å². The number of hydrogen-bond donors (Lipinski definition) is 2. The third-order valence-corrected chi connectivity index (χ3v) is 1.29. The Balaban J connectivity index is 3.87. The molecule has 0 amide bonds. The van der Waals surface area contributed by atoms with E-state index in [0.717, 1.165) is 0 Å². The molecule has 0 spiro atoms. The van der Waals surface area contributed by atoms with Crippen molar-refractivity contribution in [3.05, 3.63) is 11.6 Å². The second-order valence-corrected chi connectivity index (χ2v) is 2.45. The summed E-state index contributed by atoms with van der Waals surface area (Å²) in [6.45, 7) is 3.40. The fraction of sp³-hybridized carbons (Fsp3) is 0.625. The number of ether oxygens (including phenoxy) is 1. The molecule has 0 aromatic rings. The number of carbonyl (C=O) groups is 1. The average molecular weight is 174 g/mol. The van der Waals surface area contributed by atoms with Crippen LogP contribution in [0.2, 0.25) is 0 Å². The molecule has 0 aromatic heterocycles.